The van der Waals surface area contributed by atoms with Gasteiger partial charge in [-0.05, 0) is 13.3 Å². The van der Waals surface area contributed by atoms with E-state index in [1.54, 1.807) is 28.6 Å². The van der Waals surface area contributed by atoms with Crippen molar-refractivity contribution in [2.24, 2.45) is 0 Å². The molecule has 0 atom stereocenters. The first-order chi connectivity index (χ1) is 8.15. The zero-order chi connectivity index (χ0) is 12.4. The molecule has 17 heavy (non-hydrogen) atoms. The van der Waals surface area contributed by atoms with Crippen molar-refractivity contribution in [3.05, 3.63) is 34.5 Å². The molecule has 2 aromatic rings. The highest BCUT2D eigenvalue weighted by molar-refractivity contribution is 5.51. The van der Waals surface area contributed by atoms with Crippen LogP contribution in [-0.4, -0.2) is 24.3 Å². The molecule has 0 spiro atoms. The predicted octanol–water partition coefficient (Wildman–Crippen LogP) is 1.70. The summed E-state index contributed by atoms with van der Waals surface area (Å²) in [4.78, 5) is 14.6. The second-order valence-corrected chi connectivity index (χ2v) is 3.71. The van der Waals surface area contributed by atoms with Crippen LogP contribution in [0.5, 0.6) is 0 Å². The number of nitro groups is 1. The van der Waals surface area contributed by atoms with Crippen LogP contribution in [0.1, 0.15) is 19.0 Å². The van der Waals surface area contributed by atoms with Crippen molar-refractivity contribution in [1.82, 2.24) is 19.3 Å². The molecule has 0 aliphatic carbocycles. The fourth-order valence-corrected chi connectivity index (χ4v) is 1.78. The van der Waals surface area contributed by atoms with Gasteiger partial charge in [-0.3, -0.25) is 14.7 Å². The summed E-state index contributed by atoms with van der Waals surface area (Å²) in [5, 5.41) is 15.3. The van der Waals surface area contributed by atoms with Crippen molar-refractivity contribution >= 4 is 5.69 Å². The molecule has 2 aromatic heterocycles. The molecule has 7 heteroatoms. The van der Waals surface area contributed by atoms with Crippen LogP contribution < -0.4 is 0 Å². The number of hydrogen-bond donors (Lipinski definition) is 0. The average molecular weight is 235 g/mol. The quantitative estimate of drug-likeness (QED) is 0.596. The van der Waals surface area contributed by atoms with Crippen LogP contribution in [0, 0.1) is 17.0 Å². The lowest BCUT2D eigenvalue weighted by molar-refractivity contribution is -0.385. The minimum Gasteiger partial charge on any atom is -0.285 e. The van der Waals surface area contributed by atoms with Gasteiger partial charge >= 0.3 is 5.69 Å². The van der Waals surface area contributed by atoms with E-state index >= 15 is 0 Å². The van der Waals surface area contributed by atoms with Crippen LogP contribution in [0.15, 0.2) is 18.7 Å². The lowest BCUT2D eigenvalue weighted by Crippen LogP contribution is -2.07. The molecular weight excluding hydrogens is 222 g/mol. The Hall–Kier alpha value is -2.18. The van der Waals surface area contributed by atoms with Crippen molar-refractivity contribution in [2.45, 2.75) is 26.8 Å². The van der Waals surface area contributed by atoms with Crippen LogP contribution in [0.25, 0.3) is 5.82 Å². The van der Waals surface area contributed by atoms with Crippen LogP contribution in [0.4, 0.5) is 5.69 Å². The third-order valence-electron chi connectivity index (χ3n) is 2.44. The summed E-state index contributed by atoms with van der Waals surface area (Å²) in [6.45, 7) is 4.29. The Balaban J connectivity index is 2.63. The van der Waals surface area contributed by atoms with E-state index in [1.165, 1.54) is 6.33 Å². The van der Waals surface area contributed by atoms with Gasteiger partial charge < -0.3 is 0 Å². The number of rotatable bonds is 4. The zero-order valence-corrected chi connectivity index (χ0v) is 9.70. The molecule has 0 aliphatic rings. The summed E-state index contributed by atoms with van der Waals surface area (Å²) < 4.78 is 3.27. The summed E-state index contributed by atoms with van der Waals surface area (Å²) in [5.41, 5.74) is 0.462. The van der Waals surface area contributed by atoms with E-state index in [1.807, 2.05) is 6.92 Å². The van der Waals surface area contributed by atoms with Gasteiger partial charge in [-0.1, -0.05) is 6.92 Å². The molecular formula is C10H13N5O2. The Morgan fingerprint density at radius 1 is 1.53 bits per heavy atom. The monoisotopic (exact) mass is 235 g/mol. The van der Waals surface area contributed by atoms with Crippen molar-refractivity contribution in [3.63, 3.8) is 0 Å². The minimum atomic E-state index is -0.399. The molecule has 7 nitrogen and oxygen atoms in total. The van der Waals surface area contributed by atoms with E-state index in [2.05, 4.69) is 10.1 Å². The molecule has 2 rings (SSSR count). The summed E-state index contributed by atoms with van der Waals surface area (Å²) in [7, 11) is 0. The predicted molar refractivity (Wildman–Crippen MR) is 61.0 cm³/mol. The van der Waals surface area contributed by atoms with Crippen LogP contribution in [0.2, 0.25) is 0 Å². The van der Waals surface area contributed by atoms with Crippen molar-refractivity contribution in [1.29, 1.82) is 0 Å². The highest BCUT2D eigenvalue weighted by atomic mass is 16.6. The molecule has 0 saturated carbocycles. The molecule has 0 fully saturated rings. The fraction of sp³-hybridized carbons (Fsp3) is 0.400. The molecule has 2 heterocycles. The van der Waals surface area contributed by atoms with E-state index in [0.717, 1.165) is 6.42 Å². The Labute approximate surface area is 97.8 Å². The molecule has 0 aliphatic heterocycles. The van der Waals surface area contributed by atoms with Crippen molar-refractivity contribution < 1.29 is 4.92 Å². The topological polar surface area (TPSA) is 78.8 Å². The maximum Gasteiger partial charge on any atom is 0.334 e. The van der Waals surface area contributed by atoms with Gasteiger partial charge in [-0.15, -0.1) is 0 Å². The number of imidazole rings is 1. The number of nitrogens with zero attached hydrogens (tertiary/aromatic N) is 5. The Kier molecular flexibility index (Phi) is 2.90. The van der Waals surface area contributed by atoms with Gasteiger partial charge in [-0.2, -0.15) is 5.10 Å². The van der Waals surface area contributed by atoms with Gasteiger partial charge in [0.2, 0.25) is 5.82 Å². The molecule has 0 aromatic carbocycles. The summed E-state index contributed by atoms with van der Waals surface area (Å²) >= 11 is 0. The Bertz CT molecular complexity index is 529. The average Bonchev–Trinajstić information content (AvgIpc) is 2.85. The van der Waals surface area contributed by atoms with E-state index in [0.29, 0.717) is 18.1 Å². The molecule has 0 saturated heterocycles. The number of aromatic nitrogens is 4. The van der Waals surface area contributed by atoms with Crippen LogP contribution >= 0.6 is 0 Å². The van der Waals surface area contributed by atoms with Gasteiger partial charge in [0.15, 0.2) is 0 Å². The first kappa shape index (κ1) is 11.3. The van der Waals surface area contributed by atoms with E-state index in [9.17, 15) is 10.1 Å². The SMILES string of the molecule is CCCn1nc(C)c([N+](=O)[O-])c1-n1ccnc1. The molecule has 90 valence electrons. The Morgan fingerprint density at radius 3 is 2.82 bits per heavy atom. The lowest BCUT2D eigenvalue weighted by atomic mass is 10.4. The van der Waals surface area contributed by atoms with Crippen molar-refractivity contribution in [3.8, 4) is 5.82 Å². The zero-order valence-electron chi connectivity index (χ0n) is 9.70. The maximum atomic E-state index is 11.1. The molecule has 0 N–H and O–H groups in total. The van der Waals surface area contributed by atoms with E-state index < -0.39 is 4.92 Å². The third-order valence-corrected chi connectivity index (χ3v) is 2.44. The van der Waals surface area contributed by atoms with Crippen LogP contribution in [-0.2, 0) is 6.54 Å². The molecule has 0 amide bonds. The summed E-state index contributed by atoms with van der Waals surface area (Å²) in [5.74, 6) is 0.465. The van der Waals surface area contributed by atoms with Gasteiger partial charge in [0.1, 0.15) is 12.0 Å². The third kappa shape index (κ3) is 1.91. The first-order valence-electron chi connectivity index (χ1n) is 5.35. The summed E-state index contributed by atoms with van der Waals surface area (Å²) in [6.07, 6.45) is 5.66. The largest absolute Gasteiger partial charge is 0.334 e. The fourth-order valence-electron chi connectivity index (χ4n) is 1.78. The lowest BCUT2D eigenvalue weighted by Gasteiger charge is -2.05. The molecule has 0 bridgehead atoms. The molecule has 0 unspecified atom stereocenters. The van der Waals surface area contributed by atoms with E-state index in [-0.39, 0.29) is 5.69 Å². The van der Waals surface area contributed by atoms with Gasteiger partial charge in [0.05, 0.1) is 4.92 Å². The second kappa shape index (κ2) is 4.36. The Morgan fingerprint density at radius 2 is 2.29 bits per heavy atom. The highest BCUT2D eigenvalue weighted by Gasteiger charge is 2.26. The highest BCUT2D eigenvalue weighted by Crippen LogP contribution is 2.26. The van der Waals surface area contributed by atoms with Crippen molar-refractivity contribution in [2.75, 3.05) is 0 Å². The standard InChI is InChI=1S/C10H13N5O2/c1-3-5-14-10(13-6-4-11-7-13)9(15(16)17)8(2)12-14/h4,6-7H,3,5H2,1-2H3. The maximum absolute atomic E-state index is 11.1. The minimum absolute atomic E-state index is 0.0384. The number of aryl methyl sites for hydroxylation is 2. The van der Waals surface area contributed by atoms with Gasteiger partial charge in [0.25, 0.3) is 0 Å². The molecule has 0 radical (unpaired) electrons. The van der Waals surface area contributed by atoms with E-state index in [4.69, 9.17) is 0 Å². The second-order valence-electron chi connectivity index (χ2n) is 3.71. The summed E-state index contributed by atoms with van der Waals surface area (Å²) in [6, 6.07) is 0. The van der Waals surface area contributed by atoms with Gasteiger partial charge in [-0.25, -0.2) is 9.67 Å². The van der Waals surface area contributed by atoms with Gasteiger partial charge in [0, 0.05) is 18.9 Å². The number of hydrogen-bond acceptors (Lipinski definition) is 4. The van der Waals surface area contributed by atoms with Crippen LogP contribution in [0.3, 0.4) is 0 Å². The first-order valence-corrected chi connectivity index (χ1v) is 5.35. The smallest absolute Gasteiger partial charge is 0.285 e. The normalized spacial score (nSPS) is 10.7.